The van der Waals surface area contributed by atoms with Crippen LogP contribution in [0.5, 0.6) is 0 Å². The van der Waals surface area contributed by atoms with E-state index in [9.17, 15) is 9.59 Å². The fraction of sp³-hybridized carbons (Fsp3) is 0.414. The van der Waals surface area contributed by atoms with E-state index >= 15 is 0 Å². The van der Waals surface area contributed by atoms with Gasteiger partial charge in [-0.05, 0) is 67.9 Å². The molecule has 3 aromatic rings. The number of thiophene rings is 1. The minimum Gasteiger partial charge on any atom is -0.381 e. The lowest BCUT2D eigenvalue weighted by Gasteiger charge is -2.32. The number of carbonyl (C=O) groups excluding carboxylic acids is 2. The van der Waals surface area contributed by atoms with Crippen molar-refractivity contribution in [1.29, 1.82) is 0 Å². The molecule has 1 saturated heterocycles. The lowest BCUT2D eigenvalue weighted by molar-refractivity contribution is 0.0817. The number of hydrogen-bond acceptors (Lipinski definition) is 6. The summed E-state index contributed by atoms with van der Waals surface area (Å²) in [6.45, 7) is 2.30. The Labute approximate surface area is 215 Å². The van der Waals surface area contributed by atoms with Crippen LogP contribution in [-0.2, 0) is 11.2 Å². The molecule has 6 nitrogen and oxygen atoms in total. The van der Waals surface area contributed by atoms with Gasteiger partial charge < -0.3 is 14.5 Å². The molecule has 3 aliphatic rings. The van der Waals surface area contributed by atoms with Crippen LogP contribution in [0.1, 0.15) is 57.8 Å². The lowest BCUT2D eigenvalue weighted by atomic mass is 10.1. The number of rotatable bonds is 6. The molecule has 2 aliphatic heterocycles. The number of piperidine rings is 1. The largest absolute Gasteiger partial charge is 0.381 e. The second-order valence-electron chi connectivity index (χ2n) is 10.1. The number of anilines is 2. The number of amides is 1. The molecule has 2 fully saturated rings. The second kappa shape index (κ2) is 9.79. The third-order valence-corrected chi connectivity index (χ3v) is 8.85. The molecule has 0 radical (unpaired) electrons. The molecule has 1 saturated carbocycles. The Hall–Kier alpha value is -3.03. The highest BCUT2D eigenvalue weighted by Crippen LogP contribution is 2.43. The maximum absolute atomic E-state index is 13.8. The van der Waals surface area contributed by atoms with Gasteiger partial charge in [0.2, 0.25) is 0 Å². The van der Waals surface area contributed by atoms with Crippen LogP contribution >= 0.6 is 11.3 Å². The van der Waals surface area contributed by atoms with Gasteiger partial charge in [-0.25, -0.2) is 4.98 Å². The van der Waals surface area contributed by atoms with Crippen molar-refractivity contribution in [3.05, 3.63) is 64.7 Å². The molecule has 36 heavy (non-hydrogen) atoms. The third kappa shape index (κ3) is 4.58. The zero-order chi connectivity index (χ0) is 24.6. The standard InChI is InChI=1S/C29H31N3O3S/c1-35-21-12-14-31(15-13-21)27-8-4-6-23(30-27)29(34)32-16-11-20-18-26(25(33)17-19-9-10-19)36-28(20)22-5-2-3-7-24(22)32/h2-8,18-19,21H,9-17H2,1H3. The summed E-state index contributed by atoms with van der Waals surface area (Å²) >= 11 is 1.58. The Morgan fingerprint density at radius 2 is 1.83 bits per heavy atom. The first-order valence-corrected chi connectivity index (χ1v) is 13.7. The van der Waals surface area contributed by atoms with Gasteiger partial charge in [0.25, 0.3) is 5.91 Å². The molecular weight excluding hydrogens is 470 g/mol. The fourth-order valence-electron chi connectivity index (χ4n) is 5.31. The van der Waals surface area contributed by atoms with Crippen LogP contribution in [0.2, 0.25) is 0 Å². The van der Waals surface area contributed by atoms with E-state index in [0.29, 0.717) is 37.1 Å². The van der Waals surface area contributed by atoms with E-state index in [1.165, 1.54) is 12.8 Å². The van der Waals surface area contributed by atoms with Crippen molar-refractivity contribution < 1.29 is 14.3 Å². The molecule has 4 heterocycles. The van der Waals surface area contributed by atoms with Crippen LogP contribution in [0.4, 0.5) is 11.5 Å². The van der Waals surface area contributed by atoms with Crippen molar-refractivity contribution in [2.24, 2.45) is 5.92 Å². The molecule has 1 aromatic carbocycles. The van der Waals surface area contributed by atoms with Gasteiger partial charge >= 0.3 is 0 Å². The molecular formula is C29H31N3O3S. The summed E-state index contributed by atoms with van der Waals surface area (Å²) < 4.78 is 5.50. The highest BCUT2D eigenvalue weighted by atomic mass is 32.1. The number of pyridine rings is 1. The van der Waals surface area contributed by atoms with E-state index in [1.807, 2.05) is 41.3 Å². The van der Waals surface area contributed by atoms with Gasteiger partial charge in [0.1, 0.15) is 11.5 Å². The van der Waals surface area contributed by atoms with Gasteiger partial charge in [-0.3, -0.25) is 9.59 Å². The van der Waals surface area contributed by atoms with Crippen LogP contribution < -0.4 is 9.80 Å². The van der Waals surface area contributed by atoms with Gasteiger partial charge in [-0.15, -0.1) is 11.3 Å². The third-order valence-electron chi connectivity index (χ3n) is 7.60. The predicted octanol–water partition coefficient (Wildman–Crippen LogP) is 5.61. The average molecular weight is 502 g/mol. The lowest BCUT2D eigenvalue weighted by Crippen LogP contribution is -2.38. The maximum atomic E-state index is 13.8. The van der Waals surface area contributed by atoms with Crippen molar-refractivity contribution in [3.8, 4) is 10.4 Å². The number of benzene rings is 1. The Morgan fingerprint density at radius 1 is 1.03 bits per heavy atom. The molecule has 186 valence electrons. The van der Waals surface area contributed by atoms with Crippen molar-refractivity contribution in [3.63, 3.8) is 0 Å². The highest BCUT2D eigenvalue weighted by Gasteiger charge is 2.30. The number of ketones is 1. The van der Waals surface area contributed by atoms with E-state index in [2.05, 4.69) is 17.0 Å². The van der Waals surface area contributed by atoms with E-state index < -0.39 is 0 Å². The number of fused-ring (bicyclic) bond motifs is 3. The molecule has 0 spiro atoms. The first kappa shape index (κ1) is 23.4. The number of hydrogen-bond donors (Lipinski definition) is 0. The minimum atomic E-state index is -0.0868. The van der Waals surface area contributed by atoms with Gasteiger partial charge in [-0.1, -0.05) is 24.3 Å². The van der Waals surface area contributed by atoms with E-state index in [4.69, 9.17) is 9.72 Å². The van der Waals surface area contributed by atoms with E-state index in [-0.39, 0.29) is 11.7 Å². The SMILES string of the molecule is COC1CCN(c2cccc(C(=O)N3CCc4cc(C(=O)CC5CC5)sc4-c4ccccc43)n2)CC1. The minimum absolute atomic E-state index is 0.0868. The summed E-state index contributed by atoms with van der Waals surface area (Å²) in [7, 11) is 1.77. The van der Waals surface area contributed by atoms with Gasteiger partial charge in [0.05, 0.1) is 16.7 Å². The molecule has 1 aliphatic carbocycles. The molecule has 0 N–H and O–H groups in total. The summed E-state index contributed by atoms with van der Waals surface area (Å²) in [6.07, 6.45) is 5.96. The number of Topliss-reactive ketones (excluding diaryl/α,β-unsaturated/α-hetero) is 1. The topological polar surface area (TPSA) is 62.7 Å². The molecule has 6 rings (SSSR count). The zero-order valence-electron chi connectivity index (χ0n) is 20.6. The molecule has 0 bridgehead atoms. The molecule has 0 unspecified atom stereocenters. The Balaban J connectivity index is 1.27. The van der Waals surface area contributed by atoms with Crippen molar-refractivity contribution in [2.75, 3.05) is 36.5 Å². The van der Waals surface area contributed by atoms with Crippen LogP contribution in [0.15, 0.2) is 48.5 Å². The molecule has 1 amide bonds. The Morgan fingerprint density at radius 3 is 2.61 bits per heavy atom. The summed E-state index contributed by atoms with van der Waals surface area (Å²) in [4.78, 5) is 37.4. The quantitative estimate of drug-likeness (QED) is 0.411. The summed E-state index contributed by atoms with van der Waals surface area (Å²) in [5.74, 6) is 1.60. The number of para-hydroxylation sites is 1. The first-order valence-electron chi connectivity index (χ1n) is 12.9. The van der Waals surface area contributed by atoms with Gasteiger partial charge in [0.15, 0.2) is 5.78 Å². The van der Waals surface area contributed by atoms with Crippen molar-refractivity contribution in [2.45, 2.75) is 44.6 Å². The van der Waals surface area contributed by atoms with Crippen LogP contribution in [0.25, 0.3) is 10.4 Å². The smallest absolute Gasteiger partial charge is 0.276 e. The summed E-state index contributed by atoms with van der Waals surface area (Å²) in [5.41, 5.74) is 3.52. The fourth-order valence-corrected chi connectivity index (χ4v) is 6.50. The van der Waals surface area contributed by atoms with Crippen LogP contribution in [-0.4, -0.2) is 49.5 Å². The van der Waals surface area contributed by atoms with Crippen molar-refractivity contribution in [1.82, 2.24) is 4.98 Å². The Kier molecular flexibility index (Phi) is 6.36. The van der Waals surface area contributed by atoms with Gasteiger partial charge in [0, 0.05) is 43.6 Å². The monoisotopic (exact) mass is 501 g/mol. The summed E-state index contributed by atoms with van der Waals surface area (Å²) in [6, 6.07) is 15.8. The summed E-state index contributed by atoms with van der Waals surface area (Å²) in [5, 5.41) is 0. The Bertz CT molecular complexity index is 1290. The van der Waals surface area contributed by atoms with E-state index in [1.54, 1.807) is 18.4 Å². The molecule has 0 atom stereocenters. The highest BCUT2D eigenvalue weighted by molar-refractivity contribution is 7.17. The predicted molar refractivity (Wildman–Crippen MR) is 143 cm³/mol. The van der Waals surface area contributed by atoms with Crippen molar-refractivity contribution >= 4 is 34.5 Å². The number of methoxy groups -OCH3 is 1. The number of carbonyl (C=O) groups is 2. The number of nitrogens with zero attached hydrogens (tertiary/aromatic N) is 3. The zero-order valence-corrected chi connectivity index (χ0v) is 21.4. The van der Waals surface area contributed by atoms with Gasteiger partial charge in [-0.2, -0.15) is 0 Å². The molecule has 7 heteroatoms. The maximum Gasteiger partial charge on any atom is 0.276 e. The van der Waals surface area contributed by atoms with Crippen LogP contribution in [0, 0.1) is 5.92 Å². The normalized spacial score (nSPS) is 17.9. The first-order chi connectivity index (χ1) is 17.6. The second-order valence-corrected chi connectivity index (χ2v) is 11.1. The average Bonchev–Trinajstić information content (AvgIpc) is 3.67. The molecule has 2 aromatic heterocycles. The number of ether oxygens (including phenoxy) is 1. The van der Waals surface area contributed by atoms with E-state index in [0.717, 1.165) is 58.3 Å². The van der Waals surface area contributed by atoms with Crippen LogP contribution in [0.3, 0.4) is 0 Å². The number of aromatic nitrogens is 1.